The number of nitrogens with two attached hydrogens (primary N) is 1. The topological polar surface area (TPSA) is 71.6 Å². The number of amides is 1. The minimum absolute atomic E-state index is 0.0198. The van der Waals surface area contributed by atoms with E-state index in [1.807, 2.05) is 38.2 Å². The van der Waals surface area contributed by atoms with Crippen molar-refractivity contribution in [2.24, 2.45) is 16.6 Å². The second-order valence-electron chi connectivity index (χ2n) is 8.48. The molecule has 1 aliphatic heterocycles. The number of hydrogen-bond acceptors (Lipinski definition) is 5. The van der Waals surface area contributed by atoms with E-state index in [9.17, 15) is 4.79 Å². The van der Waals surface area contributed by atoms with Gasteiger partial charge in [-0.25, -0.2) is 4.99 Å². The van der Waals surface area contributed by atoms with E-state index in [2.05, 4.69) is 46.5 Å². The Morgan fingerprint density at radius 1 is 1.21 bits per heavy atom. The first kappa shape index (κ1) is 22.8. The first-order valence-corrected chi connectivity index (χ1v) is 11.9. The van der Waals surface area contributed by atoms with Crippen LogP contribution in [-0.4, -0.2) is 28.8 Å². The van der Waals surface area contributed by atoms with Crippen molar-refractivity contribution in [1.82, 2.24) is 9.88 Å². The van der Waals surface area contributed by atoms with Gasteiger partial charge in [-0.1, -0.05) is 24.1 Å². The molecule has 0 aliphatic carbocycles. The molecule has 1 aliphatic rings. The number of rotatable bonds is 6. The van der Waals surface area contributed by atoms with Gasteiger partial charge < -0.3 is 5.73 Å². The maximum absolute atomic E-state index is 13.3. The molecule has 3 aromatic rings. The molecule has 1 amide bonds. The maximum atomic E-state index is 13.3. The summed E-state index contributed by atoms with van der Waals surface area (Å²) in [6, 6.07) is 14.4. The number of nitrogens with zero attached hydrogens (tertiary/aromatic N) is 3. The van der Waals surface area contributed by atoms with E-state index >= 15 is 0 Å². The highest BCUT2D eigenvalue weighted by Gasteiger charge is 2.46. The summed E-state index contributed by atoms with van der Waals surface area (Å²) in [6.07, 6.45) is 6.12. The zero-order valence-electron chi connectivity index (χ0n) is 19.2. The Labute approximate surface area is 199 Å². The third-order valence-corrected chi connectivity index (χ3v) is 7.40. The number of aromatic nitrogens is 1. The van der Waals surface area contributed by atoms with Crippen LogP contribution in [0.1, 0.15) is 42.7 Å². The summed E-state index contributed by atoms with van der Waals surface area (Å²) in [4.78, 5) is 24.9. The van der Waals surface area contributed by atoms with Crippen molar-refractivity contribution < 1.29 is 4.79 Å². The van der Waals surface area contributed by atoms with Gasteiger partial charge in [0.15, 0.2) is 5.96 Å². The van der Waals surface area contributed by atoms with Gasteiger partial charge in [-0.15, -0.1) is 17.3 Å². The number of pyridine rings is 1. The largest absolute Gasteiger partial charge is 0.369 e. The van der Waals surface area contributed by atoms with E-state index in [1.165, 1.54) is 10.5 Å². The van der Waals surface area contributed by atoms with Crippen LogP contribution in [0.2, 0.25) is 0 Å². The van der Waals surface area contributed by atoms with Crippen LogP contribution < -0.4 is 5.73 Å². The fourth-order valence-electron chi connectivity index (χ4n) is 4.34. The summed E-state index contributed by atoms with van der Waals surface area (Å²) in [7, 11) is 1.70. The number of carbonyl (C=O) groups excluding carboxylic acids is 1. The van der Waals surface area contributed by atoms with Gasteiger partial charge in [0.05, 0.1) is 5.92 Å². The van der Waals surface area contributed by atoms with Gasteiger partial charge >= 0.3 is 0 Å². The van der Waals surface area contributed by atoms with Gasteiger partial charge in [-0.3, -0.25) is 14.7 Å². The first-order chi connectivity index (χ1) is 15.9. The molecule has 2 aromatic heterocycles. The van der Waals surface area contributed by atoms with Crippen molar-refractivity contribution in [3.8, 4) is 23.0 Å². The second kappa shape index (κ2) is 9.60. The highest BCUT2D eigenvalue weighted by Crippen LogP contribution is 2.44. The average molecular weight is 457 g/mol. The fourth-order valence-corrected chi connectivity index (χ4v) is 5.42. The molecule has 0 bridgehead atoms. The Bertz CT molecular complexity index is 1240. The molecule has 33 heavy (non-hydrogen) atoms. The van der Waals surface area contributed by atoms with Crippen molar-refractivity contribution in [1.29, 1.82) is 0 Å². The standard InChI is InChI=1S/C27H28N4OS/c1-4-8-19-9-5-12-21(15-19)22-16-24(33-18-22)27(2)23(25(32)31(3)26(28)30-27)13-6-10-20-11-7-14-29-17-20/h5,7,9,11-12,14-18,23H,6,10,13H2,1-3H3,(H2,28,30)/t23?,27-/m0/s1. The van der Waals surface area contributed by atoms with Gasteiger partial charge in [-0.2, -0.15) is 0 Å². The third-order valence-electron chi connectivity index (χ3n) is 6.24. The number of hydrogen-bond donors (Lipinski definition) is 1. The first-order valence-electron chi connectivity index (χ1n) is 11.1. The fraction of sp³-hybridized carbons (Fsp3) is 0.296. The number of thiophene rings is 1. The molecule has 1 unspecified atom stereocenters. The predicted octanol–water partition coefficient (Wildman–Crippen LogP) is 4.82. The van der Waals surface area contributed by atoms with Gasteiger partial charge in [-0.05, 0) is 79.4 Å². The molecule has 0 radical (unpaired) electrons. The van der Waals surface area contributed by atoms with Crippen molar-refractivity contribution in [2.75, 3.05) is 7.05 Å². The van der Waals surface area contributed by atoms with E-state index in [4.69, 9.17) is 10.7 Å². The average Bonchev–Trinajstić information content (AvgIpc) is 3.32. The molecule has 0 fully saturated rings. The highest BCUT2D eigenvalue weighted by molar-refractivity contribution is 7.10. The number of aliphatic imine (C=N–C) groups is 1. The zero-order chi connectivity index (χ0) is 23.4. The summed E-state index contributed by atoms with van der Waals surface area (Å²) in [6.45, 7) is 3.87. The minimum Gasteiger partial charge on any atom is -0.369 e. The molecule has 3 heterocycles. The summed E-state index contributed by atoms with van der Waals surface area (Å²) in [5.41, 5.74) is 9.83. The molecule has 2 N–H and O–H groups in total. The van der Waals surface area contributed by atoms with E-state index in [0.29, 0.717) is 0 Å². The van der Waals surface area contributed by atoms with E-state index < -0.39 is 5.54 Å². The molecule has 4 rings (SSSR count). The summed E-state index contributed by atoms with van der Waals surface area (Å²) in [5, 5.41) is 2.13. The van der Waals surface area contributed by atoms with Gasteiger partial charge in [0.2, 0.25) is 5.91 Å². The molecule has 5 nitrogen and oxygen atoms in total. The Balaban J connectivity index is 1.63. The van der Waals surface area contributed by atoms with E-state index in [1.54, 1.807) is 24.6 Å². The lowest BCUT2D eigenvalue weighted by molar-refractivity contribution is -0.134. The molecule has 0 saturated carbocycles. The van der Waals surface area contributed by atoms with Crippen LogP contribution in [0, 0.1) is 17.8 Å². The lowest BCUT2D eigenvalue weighted by Gasteiger charge is -2.40. The molecule has 0 spiro atoms. The lowest BCUT2D eigenvalue weighted by Crippen LogP contribution is -2.53. The molecule has 0 saturated heterocycles. The van der Waals surface area contributed by atoms with Crippen molar-refractivity contribution >= 4 is 23.2 Å². The highest BCUT2D eigenvalue weighted by atomic mass is 32.1. The zero-order valence-corrected chi connectivity index (χ0v) is 20.0. The summed E-state index contributed by atoms with van der Waals surface area (Å²) in [5.74, 6) is 6.07. The number of guanidine groups is 1. The maximum Gasteiger partial charge on any atom is 0.234 e. The van der Waals surface area contributed by atoms with Crippen LogP contribution in [-0.2, 0) is 16.8 Å². The molecular formula is C27H28N4OS. The van der Waals surface area contributed by atoms with Gasteiger partial charge in [0.25, 0.3) is 0 Å². The van der Waals surface area contributed by atoms with Crippen molar-refractivity contribution in [3.63, 3.8) is 0 Å². The molecule has 6 heteroatoms. The predicted molar refractivity (Wildman–Crippen MR) is 135 cm³/mol. The smallest absolute Gasteiger partial charge is 0.234 e. The lowest BCUT2D eigenvalue weighted by atomic mass is 9.78. The normalized spacial score (nSPS) is 20.2. The van der Waals surface area contributed by atoms with Crippen LogP contribution in [0.5, 0.6) is 0 Å². The Kier molecular flexibility index (Phi) is 6.62. The van der Waals surface area contributed by atoms with E-state index in [-0.39, 0.29) is 17.8 Å². The van der Waals surface area contributed by atoms with Crippen molar-refractivity contribution in [2.45, 2.75) is 38.6 Å². The monoisotopic (exact) mass is 456 g/mol. The van der Waals surface area contributed by atoms with Crippen LogP contribution in [0.25, 0.3) is 11.1 Å². The Hall–Kier alpha value is -3.43. The number of aryl methyl sites for hydroxylation is 1. The van der Waals surface area contributed by atoms with Crippen molar-refractivity contribution in [3.05, 3.63) is 76.2 Å². The Morgan fingerprint density at radius 3 is 2.82 bits per heavy atom. The quantitative estimate of drug-likeness (QED) is 0.541. The number of carbonyl (C=O) groups is 1. The van der Waals surface area contributed by atoms with Gasteiger partial charge in [0, 0.05) is 29.9 Å². The van der Waals surface area contributed by atoms with Crippen LogP contribution in [0.4, 0.5) is 0 Å². The van der Waals surface area contributed by atoms with E-state index in [0.717, 1.165) is 40.8 Å². The van der Waals surface area contributed by atoms with Crippen LogP contribution in [0.3, 0.4) is 0 Å². The van der Waals surface area contributed by atoms with Gasteiger partial charge in [0.1, 0.15) is 5.54 Å². The summed E-state index contributed by atoms with van der Waals surface area (Å²) < 4.78 is 0. The SMILES string of the molecule is CC#Cc1cccc(-c2csc([C@@]3(C)N=C(N)N(C)C(=O)C3CCCc3cccnc3)c2)c1. The molecule has 2 atom stereocenters. The molecule has 168 valence electrons. The van der Waals surface area contributed by atoms with Crippen LogP contribution >= 0.6 is 11.3 Å². The Morgan fingerprint density at radius 2 is 2.06 bits per heavy atom. The molecule has 1 aromatic carbocycles. The third kappa shape index (κ3) is 4.69. The van der Waals surface area contributed by atoms with Crippen LogP contribution in [0.15, 0.2) is 65.2 Å². The minimum atomic E-state index is -0.702. The number of benzene rings is 1. The molecular weight excluding hydrogens is 428 g/mol. The second-order valence-corrected chi connectivity index (χ2v) is 9.39. The summed E-state index contributed by atoms with van der Waals surface area (Å²) >= 11 is 1.63.